The second-order valence-corrected chi connectivity index (χ2v) is 5.21. The first-order valence-corrected chi connectivity index (χ1v) is 8.35. The van der Waals surface area contributed by atoms with Crippen LogP contribution in [0.15, 0.2) is 55.1 Å². The minimum Gasteiger partial charge on any atom is -0.486 e. The fraction of sp³-hybridized carbons (Fsp3) is 0.238. The first-order chi connectivity index (χ1) is 12.5. The highest BCUT2D eigenvalue weighted by Crippen LogP contribution is 2.15. The van der Waals surface area contributed by atoms with E-state index in [0.717, 1.165) is 12.2 Å². The number of ether oxygens (including phenoxy) is 2. The molecule has 2 rings (SSSR count). The Morgan fingerprint density at radius 1 is 1.12 bits per heavy atom. The molecule has 0 amide bonds. The Morgan fingerprint density at radius 2 is 1.54 bits per heavy atom. The maximum atomic E-state index is 12.2. The van der Waals surface area contributed by atoms with Gasteiger partial charge in [-0.15, -0.1) is 0 Å². The van der Waals surface area contributed by atoms with E-state index in [0.29, 0.717) is 23.2 Å². The summed E-state index contributed by atoms with van der Waals surface area (Å²) >= 11 is 4.03. The van der Waals surface area contributed by atoms with E-state index >= 15 is 0 Å². The van der Waals surface area contributed by atoms with Crippen molar-refractivity contribution in [2.75, 3.05) is 20.3 Å². The van der Waals surface area contributed by atoms with Gasteiger partial charge in [0.15, 0.2) is 12.1 Å². The van der Waals surface area contributed by atoms with Crippen LogP contribution in [-0.4, -0.2) is 37.4 Å². The van der Waals surface area contributed by atoms with Crippen LogP contribution in [0.25, 0.3) is 0 Å². The lowest BCUT2D eigenvalue weighted by Gasteiger charge is -2.04. The molecule has 0 aliphatic rings. The molecule has 0 aromatic heterocycles. The molecule has 0 bridgehead atoms. The van der Waals surface area contributed by atoms with Gasteiger partial charge in [-0.1, -0.05) is 34.9 Å². The molecular formula is C21H24O4S. The van der Waals surface area contributed by atoms with E-state index in [2.05, 4.69) is 28.6 Å². The van der Waals surface area contributed by atoms with Crippen molar-refractivity contribution in [2.45, 2.75) is 13.8 Å². The van der Waals surface area contributed by atoms with Crippen LogP contribution in [0.5, 0.6) is 5.75 Å². The number of rotatable bonds is 6. The topological polar surface area (TPSA) is 52.6 Å². The molecule has 0 aliphatic carbocycles. The van der Waals surface area contributed by atoms with Crippen LogP contribution < -0.4 is 4.74 Å². The summed E-state index contributed by atoms with van der Waals surface area (Å²) in [6.45, 7) is 7.83. The Morgan fingerprint density at radius 3 is 1.92 bits per heavy atom. The third-order valence-corrected chi connectivity index (χ3v) is 3.04. The Kier molecular flexibility index (Phi) is 13.3. The molecular weight excluding hydrogens is 348 g/mol. The Labute approximate surface area is 160 Å². The van der Waals surface area contributed by atoms with Crippen molar-refractivity contribution in [3.05, 3.63) is 71.8 Å². The molecule has 0 saturated carbocycles. The second-order valence-electron chi connectivity index (χ2n) is 4.92. The van der Waals surface area contributed by atoms with Gasteiger partial charge in [0.05, 0.1) is 0 Å². The zero-order valence-electron chi connectivity index (χ0n) is 15.4. The van der Waals surface area contributed by atoms with Gasteiger partial charge in [-0.05, 0) is 56.9 Å². The van der Waals surface area contributed by atoms with Gasteiger partial charge in [-0.2, -0.15) is 0 Å². The molecule has 0 radical (unpaired) electrons. The minimum absolute atomic E-state index is 0.0191. The summed E-state index contributed by atoms with van der Waals surface area (Å²) in [4.78, 5) is 22.4. The molecule has 26 heavy (non-hydrogen) atoms. The molecule has 0 atom stereocenters. The Balaban J connectivity index is 0.000000770. The van der Waals surface area contributed by atoms with Gasteiger partial charge >= 0.3 is 0 Å². The number of methoxy groups -OCH3 is 1. The van der Waals surface area contributed by atoms with Crippen LogP contribution in [0.4, 0.5) is 0 Å². The van der Waals surface area contributed by atoms with Crippen LogP contribution in [0.3, 0.4) is 0 Å². The number of aldehydes is 1. The molecule has 0 aliphatic heterocycles. The molecule has 0 spiro atoms. The summed E-state index contributed by atoms with van der Waals surface area (Å²) in [5, 5.41) is 2.08. The summed E-state index contributed by atoms with van der Waals surface area (Å²) in [5.74, 6) is 0.550. The average Bonchev–Trinajstić information content (AvgIpc) is 2.67. The van der Waals surface area contributed by atoms with Gasteiger partial charge in [0.25, 0.3) is 0 Å². The number of aryl methyl sites for hydroxylation is 1. The van der Waals surface area contributed by atoms with Crippen molar-refractivity contribution in [3.63, 3.8) is 0 Å². The summed E-state index contributed by atoms with van der Waals surface area (Å²) < 4.78 is 9.67. The molecule has 138 valence electrons. The van der Waals surface area contributed by atoms with Gasteiger partial charge < -0.3 is 9.47 Å². The first kappa shape index (κ1) is 23.4. The van der Waals surface area contributed by atoms with E-state index in [4.69, 9.17) is 4.74 Å². The van der Waals surface area contributed by atoms with Gasteiger partial charge in [0.1, 0.15) is 12.4 Å². The predicted octanol–water partition coefficient (Wildman–Crippen LogP) is 4.23. The number of thiocarbonyl (C=S) groups is 1. The fourth-order valence-corrected chi connectivity index (χ4v) is 1.70. The lowest BCUT2D eigenvalue weighted by molar-refractivity contribution is -0.109. The standard InChI is InChI=1S/C16H14O3.C3H8O.C2H2S/c1-12-2-4-13(5-3-12)16(18)14-6-8-15(9-7-14)19-11-10-17;1-3-4-2;1-2-3/h2-10H,11H2,1H3;3H2,1-2H3;1H2. The molecule has 0 N–H and O–H groups in total. The number of carbonyl (C=O) groups excluding carboxylic acids is 2. The van der Waals surface area contributed by atoms with Crippen LogP contribution >= 0.6 is 12.2 Å². The summed E-state index contributed by atoms with van der Waals surface area (Å²) in [6.07, 6.45) is 0.686. The molecule has 0 fully saturated rings. The molecule has 4 nitrogen and oxygen atoms in total. The monoisotopic (exact) mass is 372 g/mol. The molecule has 2 aromatic carbocycles. The van der Waals surface area contributed by atoms with Crippen molar-refractivity contribution < 1.29 is 19.1 Å². The second kappa shape index (κ2) is 14.7. The maximum Gasteiger partial charge on any atom is 0.193 e. The van der Waals surface area contributed by atoms with E-state index < -0.39 is 0 Å². The molecule has 5 heteroatoms. The van der Waals surface area contributed by atoms with Gasteiger partial charge in [0.2, 0.25) is 0 Å². The van der Waals surface area contributed by atoms with E-state index in [1.807, 2.05) is 38.1 Å². The Hall–Kier alpha value is -2.59. The van der Waals surface area contributed by atoms with Crippen LogP contribution in [0, 0.1) is 6.92 Å². The summed E-state index contributed by atoms with van der Waals surface area (Å²) in [5.41, 5.74) is 2.38. The lowest BCUT2D eigenvalue weighted by Crippen LogP contribution is -2.02. The number of hydrogen-bond donors (Lipinski definition) is 0. The number of carbonyl (C=O) groups is 2. The maximum absolute atomic E-state index is 12.2. The highest BCUT2D eigenvalue weighted by atomic mass is 32.1. The van der Waals surface area contributed by atoms with Crippen molar-refractivity contribution in [2.24, 2.45) is 0 Å². The van der Waals surface area contributed by atoms with E-state index in [1.165, 1.54) is 0 Å². The third kappa shape index (κ3) is 9.64. The predicted molar refractivity (Wildman–Crippen MR) is 108 cm³/mol. The Bertz CT molecular complexity index is 683. The third-order valence-electron chi connectivity index (χ3n) is 3.04. The normalized spacial score (nSPS) is 8.73. The first-order valence-electron chi connectivity index (χ1n) is 7.95. The smallest absolute Gasteiger partial charge is 0.193 e. The van der Waals surface area contributed by atoms with E-state index in [1.54, 1.807) is 31.4 Å². The quantitative estimate of drug-likeness (QED) is 0.431. The number of hydrogen-bond acceptors (Lipinski definition) is 5. The van der Waals surface area contributed by atoms with E-state index in [-0.39, 0.29) is 12.4 Å². The minimum atomic E-state index is -0.0260. The van der Waals surface area contributed by atoms with Gasteiger partial charge in [-0.3, -0.25) is 9.59 Å². The fourth-order valence-electron chi connectivity index (χ4n) is 1.70. The highest BCUT2D eigenvalue weighted by molar-refractivity contribution is 7.78. The van der Waals surface area contributed by atoms with Gasteiger partial charge in [-0.25, -0.2) is 0 Å². The number of benzene rings is 2. The molecule has 2 aromatic rings. The highest BCUT2D eigenvalue weighted by Gasteiger charge is 2.08. The molecule has 0 heterocycles. The largest absolute Gasteiger partial charge is 0.486 e. The summed E-state index contributed by atoms with van der Waals surface area (Å²) in [6, 6.07) is 14.2. The van der Waals surface area contributed by atoms with Crippen LogP contribution in [-0.2, 0) is 9.53 Å². The SMILES string of the molecule is C=C=S.CCOC.Cc1ccc(C(=O)c2ccc(OCC=O)cc2)cc1. The molecule has 0 saturated heterocycles. The van der Waals surface area contributed by atoms with Crippen LogP contribution in [0.1, 0.15) is 28.4 Å². The van der Waals surface area contributed by atoms with Crippen molar-refractivity contribution >= 4 is 29.3 Å². The average molecular weight is 372 g/mol. The zero-order chi connectivity index (χ0) is 19.8. The van der Waals surface area contributed by atoms with Crippen molar-refractivity contribution in [3.8, 4) is 5.75 Å². The summed E-state index contributed by atoms with van der Waals surface area (Å²) in [7, 11) is 1.68. The van der Waals surface area contributed by atoms with Crippen molar-refractivity contribution in [1.29, 1.82) is 0 Å². The zero-order valence-corrected chi connectivity index (χ0v) is 16.2. The van der Waals surface area contributed by atoms with Crippen molar-refractivity contribution in [1.82, 2.24) is 0 Å². The van der Waals surface area contributed by atoms with Crippen LogP contribution in [0.2, 0.25) is 0 Å². The van der Waals surface area contributed by atoms with E-state index in [9.17, 15) is 9.59 Å². The number of ketones is 1. The lowest BCUT2D eigenvalue weighted by atomic mass is 10.0. The van der Waals surface area contributed by atoms with Gasteiger partial charge in [0, 0.05) is 24.8 Å². The molecule has 0 unspecified atom stereocenters.